The molecule has 0 aromatic heterocycles. The standard InChI is InChI=1S/C17H28N2O/c1-17(14-20,18-16-8-9-16)11-13-19(2)12-10-15-6-4-3-5-7-15/h3-7,16,18,20H,8-14H2,1-2H3. The fourth-order valence-electron chi connectivity index (χ4n) is 2.43. The van der Waals surface area contributed by atoms with Gasteiger partial charge in [-0.1, -0.05) is 30.3 Å². The molecule has 1 atom stereocenters. The summed E-state index contributed by atoms with van der Waals surface area (Å²) < 4.78 is 0. The molecule has 20 heavy (non-hydrogen) atoms. The minimum absolute atomic E-state index is 0.123. The van der Waals surface area contributed by atoms with Gasteiger partial charge in [0.2, 0.25) is 0 Å². The minimum Gasteiger partial charge on any atom is -0.394 e. The van der Waals surface area contributed by atoms with Crippen LogP contribution in [-0.2, 0) is 6.42 Å². The third kappa shape index (κ3) is 5.23. The lowest BCUT2D eigenvalue weighted by Gasteiger charge is -2.31. The lowest BCUT2D eigenvalue weighted by Crippen LogP contribution is -2.48. The van der Waals surface area contributed by atoms with Crippen molar-refractivity contribution in [3.8, 4) is 0 Å². The molecule has 1 aliphatic carbocycles. The molecule has 1 saturated carbocycles. The topological polar surface area (TPSA) is 35.5 Å². The fourth-order valence-corrected chi connectivity index (χ4v) is 2.43. The van der Waals surface area contributed by atoms with Gasteiger partial charge in [0, 0.05) is 18.1 Å². The van der Waals surface area contributed by atoms with Crippen molar-refractivity contribution in [1.82, 2.24) is 10.2 Å². The van der Waals surface area contributed by atoms with E-state index in [0.717, 1.165) is 25.9 Å². The Morgan fingerprint density at radius 2 is 1.95 bits per heavy atom. The first-order chi connectivity index (χ1) is 9.61. The number of benzene rings is 1. The molecular formula is C17H28N2O. The summed E-state index contributed by atoms with van der Waals surface area (Å²) in [5.41, 5.74) is 1.27. The summed E-state index contributed by atoms with van der Waals surface area (Å²) in [6, 6.07) is 11.3. The summed E-state index contributed by atoms with van der Waals surface area (Å²) in [5.74, 6) is 0. The van der Waals surface area contributed by atoms with Gasteiger partial charge in [0.05, 0.1) is 6.61 Å². The zero-order valence-electron chi connectivity index (χ0n) is 12.8. The van der Waals surface area contributed by atoms with Crippen LogP contribution in [0.1, 0.15) is 31.7 Å². The molecule has 1 aromatic rings. The van der Waals surface area contributed by atoms with Crippen LogP contribution in [0, 0.1) is 0 Å². The first-order valence-electron chi connectivity index (χ1n) is 7.72. The predicted molar refractivity (Wildman–Crippen MR) is 83.9 cm³/mol. The summed E-state index contributed by atoms with van der Waals surface area (Å²) in [4.78, 5) is 2.36. The fraction of sp³-hybridized carbons (Fsp3) is 0.647. The molecule has 0 radical (unpaired) electrons. The maximum atomic E-state index is 9.60. The second kappa shape index (κ2) is 7.21. The van der Waals surface area contributed by atoms with Gasteiger partial charge < -0.3 is 15.3 Å². The molecule has 3 heteroatoms. The number of hydrogen-bond donors (Lipinski definition) is 2. The summed E-state index contributed by atoms with van der Waals surface area (Å²) in [6.07, 6.45) is 4.60. The van der Waals surface area contributed by atoms with E-state index in [1.165, 1.54) is 18.4 Å². The van der Waals surface area contributed by atoms with Gasteiger partial charge >= 0.3 is 0 Å². The molecule has 0 amide bonds. The van der Waals surface area contributed by atoms with Crippen LogP contribution in [0.25, 0.3) is 0 Å². The van der Waals surface area contributed by atoms with Gasteiger partial charge in [0.25, 0.3) is 0 Å². The summed E-state index contributed by atoms with van der Waals surface area (Å²) >= 11 is 0. The van der Waals surface area contributed by atoms with Crippen LogP contribution in [0.3, 0.4) is 0 Å². The predicted octanol–water partition coefficient (Wildman–Crippen LogP) is 2.05. The highest BCUT2D eigenvalue weighted by molar-refractivity contribution is 5.14. The molecule has 0 heterocycles. The molecular weight excluding hydrogens is 248 g/mol. The summed E-state index contributed by atoms with van der Waals surface area (Å²) in [7, 11) is 2.16. The Morgan fingerprint density at radius 1 is 1.25 bits per heavy atom. The Morgan fingerprint density at radius 3 is 2.55 bits per heavy atom. The van der Waals surface area contributed by atoms with Gasteiger partial charge in [-0.05, 0) is 51.8 Å². The van der Waals surface area contributed by atoms with E-state index >= 15 is 0 Å². The number of hydrogen-bond acceptors (Lipinski definition) is 3. The molecule has 2 N–H and O–H groups in total. The number of aliphatic hydroxyl groups is 1. The largest absolute Gasteiger partial charge is 0.394 e. The Balaban J connectivity index is 1.69. The highest BCUT2D eigenvalue weighted by Gasteiger charge is 2.31. The van der Waals surface area contributed by atoms with Gasteiger partial charge in [0.1, 0.15) is 0 Å². The minimum atomic E-state index is -0.123. The van der Waals surface area contributed by atoms with Gasteiger partial charge in [-0.3, -0.25) is 0 Å². The monoisotopic (exact) mass is 276 g/mol. The van der Waals surface area contributed by atoms with Crippen LogP contribution in [0.5, 0.6) is 0 Å². The van der Waals surface area contributed by atoms with E-state index in [1.54, 1.807) is 0 Å². The second-order valence-corrected chi connectivity index (χ2v) is 6.43. The highest BCUT2D eigenvalue weighted by atomic mass is 16.3. The van der Waals surface area contributed by atoms with Crippen molar-refractivity contribution in [2.75, 3.05) is 26.7 Å². The smallest absolute Gasteiger partial charge is 0.0611 e. The molecule has 0 spiro atoms. The molecule has 1 aliphatic rings. The summed E-state index contributed by atoms with van der Waals surface area (Å²) in [6.45, 7) is 4.44. The third-order valence-electron chi connectivity index (χ3n) is 4.15. The lowest BCUT2D eigenvalue weighted by molar-refractivity contribution is 0.150. The van der Waals surface area contributed by atoms with Gasteiger partial charge in [-0.25, -0.2) is 0 Å². The first-order valence-corrected chi connectivity index (χ1v) is 7.72. The lowest BCUT2D eigenvalue weighted by atomic mass is 9.98. The average molecular weight is 276 g/mol. The van der Waals surface area contributed by atoms with E-state index in [1.807, 2.05) is 0 Å². The Hall–Kier alpha value is -0.900. The zero-order valence-corrected chi connectivity index (χ0v) is 12.8. The van der Waals surface area contributed by atoms with E-state index < -0.39 is 0 Å². The van der Waals surface area contributed by atoms with Crippen LogP contribution >= 0.6 is 0 Å². The molecule has 0 saturated heterocycles. The van der Waals surface area contributed by atoms with Gasteiger partial charge in [0.15, 0.2) is 0 Å². The first kappa shape index (κ1) is 15.5. The molecule has 1 aromatic carbocycles. The van der Waals surface area contributed by atoms with Crippen molar-refractivity contribution in [2.45, 2.75) is 44.2 Å². The normalized spacial score (nSPS) is 18.2. The molecule has 0 aliphatic heterocycles. The van der Waals surface area contributed by atoms with Crippen LogP contribution in [0.15, 0.2) is 30.3 Å². The van der Waals surface area contributed by atoms with Crippen LogP contribution < -0.4 is 5.32 Å². The highest BCUT2D eigenvalue weighted by Crippen LogP contribution is 2.23. The molecule has 1 unspecified atom stereocenters. The number of rotatable bonds is 9. The number of nitrogens with one attached hydrogen (secondary N) is 1. The van der Waals surface area contributed by atoms with E-state index in [-0.39, 0.29) is 12.1 Å². The second-order valence-electron chi connectivity index (χ2n) is 6.43. The number of nitrogens with zero attached hydrogens (tertiary/aromatic N) is 1. The van der Waals surface area contributed by atoms with Crippen molar-refractivity contribution in [3.05, 3.63) is 35.9 Å². The zero-order chi connectivity index (χ0) is 14.4. The molecule has 0 bridgehead atoms. The molecule has 112 valence electrons. The molecule has 3 nitrogen and oxygen atoms in total. The van der Waals surface area contributed by atoms with Crippen molar-refractivity contribution >= 4 is 0 Å². The van der Waals surface area contributed by atoms with Crippen molar-refractivity contribution in [1.29, 1.82) is 0 Å². The van der Waals surface area contributed by atoms with E-state index in [4.69, 9.17) is 0 Å². The Bertz CT molecular complexity index is 391. The third-order valence-corrected chi connectivity index (χ3v) is 4.15. The van der Waals surface area contributed by atoms with Gasteiger partial charge in [-0.15, -0.1) is 0 Å². The number of likely N-dealkylation sites (N-methyl/N-ethyl adjacent to an activating group) is 1. The van der Waals surface area contributed by atoms with Crippen molar-refractivity contribution < 1.29 is 5.11 Å². The van der Waals surface area contributed by atoms with Crippen LogP contribution in [0.2, 0.25) is 0 Å². The SMILES string of the molecule is CN(CCc1ccccc1)CCC(C)(CO)NC1CC1. The number of aliphatic hydroxyl groups excluding tert-OH is 1. The van der Waals surface area contributed by atoms with E-state index in [9.17, 15) is 5.11 Å². The van der Waals surface area contributed by atoms with Gasteiger partial charge in [-0.2, -0.15) is 0 Å². The maximum absolute atomic E-state index is 9.60. The Kier molecular flexibility index (Phi) is 5.58. The molecule has 2 rings (SSSR count). The van der Waals surface area contributed by atoms with Crippen molar-refractivity contribution in [2.24, 2.45) is 0 Å². The summed E-state index contributed by atoms with van der Waals surface area (Å²) in [5, 5.41) is 13.2. The van der Waals surface area contributed by atoms with Crippen LogP contribution in [0.4, 0.5) is 0 Å². The molecule has 1 fully saturated rings. The van der Waals surface area contributed by atoms with E-state index in [0.29, 0.717) is 6.04 Å². The van der Waals surface area contributed by atoms with E-state index in [2.05, 4.69) is 54.5 Å². The Labute approximate surface area is 123 Å². The maximum Gasteiger partial charge on any atom is 0.0611 e. The van der Waals surface area contributed by atoms with Crippen LogP contribution in [-0.4, -0.2) is 48.3 Å². The average Bonchev–Trinajstić information content (AvgIpc) is 3.28. The van der Waals surface area contributed by atoms with Crippen molar-refractivity contribution in [3.63, 3.8) is 0 Å². The quantitative estimate of drug-likeness (QED) is 0.724.